The molecule has 11 heteroatoms. The lowest BCUT2D eigenvalue weighted by Gasteiger charge is -2.32. The van der Waals surface area contributed by atoms with Gasteiger partial charge in [0.05, 0.1) is 30.0 Å². The number of aromatic nitrogens is 4. The van der Waals surface area contributed by atoms with Crippen LogP contribution in [0.1, 0.15) is 57.1 Å². The summed E-state index contributed by atoms with van der Waals surface area (Å²) >= 11 is 0. The van der Waals surface area contributed by atoms with Gasteiger partial charge >= 0.3 is 6.01 Å². The molecular weight excluding hydrogens is 460 g/mol. The molecule has 2 aromatic heterocycles. The second-order valence-electron chi connectivity index (χ2n) is 10.8. The molecule has 2 aliphatic rings. The molecule has 3 N–H and O–H groups in total. The number of rotatable bonds is 9. The van der Waals surface area contributed by atoms with E-state index in [2.05, 4.69) is 31.3 Å². The number of amides is 1. The number of carbonyl (C=O) groups excluding carboxylic acids is 1. The molecule has 0 bridgehead atoms. The Morgan fingerprint density at radius 1 is 1.25 bits per heavy atom. The molecule has 0 radical (unpaired) electrons. The van der Waals surface area contributed by atoms with Crippen LogP contribution in [-0.2, 0) is 0 Å². The van der Waals surface area contributed by atoms with Gasteiger partial charge in [-0.05, 0) is 43.1 Å². The predicted molar refractivity (Wildman–Crippen MR) is 133 cm³/mol. The summed E-state index contributed by atoms with van der Waals surface area (Å²) in [4.78, 5) is 32.1. The second kappa shape index (κ2) is 10.5. The van der Waals surface area contributed by atoms with Gasteiger partial charge in [0, 0.05) is 25.8 Å². The minimum absolute atomic E-state index is 0.0126. The third-order valence-corrected chi connectivity index (χ3v) is 6.34. The van der Waals surface area contributed by atoms with Crippen LogP contribution in [0.15, 0.2) is 18.5 Å². The molecule has 36 heavy (non-hydrogen) atoms. The normalized spacial score (nSPS) is 17.2. The SMILES string of the molecule is CC(C)(C)CNC(=O)c1nc(OCC2(C#N)CC2)nc(N2CCC(COc3cnccc3N)CC2)n1. The van der Waals surface area contributed by atoms with Crippen molar-refractivity contribution in [2.75, 3.05) is 43.5 Å². The van der Waals surface area contributed by atoms with Crippen molar-refractivity contribution < 1.29 is 14.3 Å². The molecule has 3 heterocycles. The quantitative estimate of drug-likeness (QED) is 0.532. The van der Waals surface area contributed by atoms with Gasteiger partial charge in [0.15, 0.2) is 5.75 Å². The van der Waals surface area contributed by atoms with Gasteiger partial charge in [-0.2, -0.15) is 20.2 Å². The Labute approximate surface area is 211 Å². The first-order valence-corrected chi connectivity index (χ1v) is 12.3. The summed E-state index contributed by atoms with van der Waals surface area (Å²) in [6.45, 7) is 8.74. The van der Waals surface area contributed by atoms with E-state index in [4.69, 9.17) is 15.2 Å². The van der Waals surface area contributed by atoms with Crippen LogP contribution in [0, 0.1) is 28.1 Å². The zero-order valence-corrected chi connectivity index (χ0v) is 21.2. The first-order chi connectivity index (χ1) is 17.2. The summed E-state index contributed by atoms with van der Waals surface area (Å²) in [5.74, 6) is 0.976. The van der Waals surface area contributed by atoms with Crippen LogP contribution in [0.2, 0.25) is 0 Å². The first-order valence-electron chi connectivity index (χ1n) is 12.3. The number of nitrogens with two attached hydrogens (primary N) is 1. The number of pyridine rings is 1. The third kappa shape index (κ3) is 6.71. The molecule has 0 spiro atoms. The summed E-state index contributed by atoms with van der Waals surface area (Å²) in [5, 5.41) is 12.2. The molecule has 0 unspecified atom stereocenters. The zero-order valence-electron chi connectivity index (χ0n) is 21.2. The fraction of sp³-hybridized carbons (Fsp3) is 0.600. The average Bonchev–Trinajstić information content (AvgIpc) is 3.66. The molecule has 1 amide bonds. The smallest absolute Gasteiger partial charge is 0.322 e. The van der Waals surface area contributed by atoms with Gasteiger partial charge < -0.3 is 25.4 Å². The van der Waals surface area contributed by atoms with E-state index in [1.165, 1.54) is 0 Å². The Balaban J connectivity index is 1.42. The van der Waals surface area contributed by atoms with E-state index in [0.717, 1.165) is 25.7 Å². The molecule has 1 aliphatic heterocycles. The molecule has 2 fully saturated rings. The van der Waals surface area contributed by atoms with Crippen molar-refractivity contribution in [2.45, 2.75) is 46.5 Å². The van der Waals surface area contributed by atoms with Crippen LogP contribution in [-0.4, -0.2) is 58.7 Å². The van der Waals surface area contributed by atoms with Crippen LogP contribution < -0.4 is 25.4 Å². The molecule has 1 saturated heterocycles. The highest BCUT2D eigenvalue weighted by molar-refractivity contribution is 5.90. The van der Waals surface area contributed by atoms with Crippen molar-refractivity contribution in [2.24, 2.45) is 16.7 Å². The van der Waals surface area contributed by atoms with Gasteiger partial charge in [0.2, 0.25) is 11.8 Å². The maximum atomic E-state index is 12.8. The summed E-state index contributed by atoms with van der Waals surface area (Å²) in [6, 6.07) is 4.08. The Bertz CT molecular complexity index is 1120. The maximum Gasteiger partial charge on any atom is 0.322 e. The van der Waals surface area contributed by atoms with E-state index in [9.17, 15) is 10.1 Å². The maximum absolute atomic E-state index is 12.8. The monoisotopic (exact) mass is 494 g/mol. The lowest BCUT2D eigenvalue weighted by molar-refractivity contribution is 0.0926. The Hall–Kier alpha value is -3.68. The van der Waals surface area contributed by atoms with Gasteiger partial charge in [-0.3, -0.25) is 9.78 Å². The first kappa shape index (κ1) is 25.4. The van der Waals surface area contributed by atoms with E-state index < -0.39 is 5.41 Å². The summed E-state index contributed by atoms with van der Waals surface area (Å²) in [7, 11) is 0. The number of nitrogen functional groups attached to an aromatic ring is 1. The highest BCUT2D eigenvalue weighted by Gasteiger charge is 2.44. The van der Waals surface area contributed by atoms with Crippen LogP contribution in [0.5, 0.6) is 11.8 Å². The fourth-order valence-corrected chi connectivity index (χ4v) is 3.74. The largest absolute Gasteiger partial charge is 0.490 e. The Kier molecular flexibility index (Phi) is 7.43. The molecular formula is C25H34N8O3. The Morgan fingerprint density at radius 3 is 2.64 bits per heavy atom. The molecule has 192 valence electrons. The highest BCUT2D eigenvalue weighted by Crippen LogP contribution is 2.44. The number of hydrogen-bond acceptors (Lipinski definition) is 10. The van der Waals surface area contributed by atoms with Crippen LogP contribution in [0.3, 0.4) is 0 Å². The summed E-state index contributed by atoms with van der Waals surface area (Å²) < 4.78 is 11.7. The number of hydrogen-bond donors (Lipinski definition) is 2. The zero-order chi connectivity index (χ0) is 25.8. The van der Waals surface area contributed by atoms with Crippen molar-refractivity contribution >= 4 is 17.5 Å². The number of carbonyl (C=O) groups is 1. The number of piperidine rings is 1. The lowest BCUT2D eigenvalue weighted by Crippen LogP contribution is -2.38. The van der Waals surface area contributed by atoms with Crippen molar-refractivity contribution in [1.29, 1.82) is 5.26 Å². The molecule has 1 aliphatic carbocycles. The molecule has 0 atom stereocenters. The third-order valence-electron chi connectivity index (χ3n) is 6.34. The van der Waals surface area contributed by atoms with Crippen molar-refractivity contribution in [1.82, 2.24) is 25.3 Å². The van der Waals surface area contributed by atoms with Gasteiger partial charge in [-0.25, -0.2) is 0 Å². The lowest BCUT2D eigenvalue weighted by atomic mass is 9.97. The average molecular weight is 495 g/mol. The summed E-state index contributed by atoms with van der Waals surface area (Å²) in [6.07, 6.45) is 6.58. The van der Waals surface area contributed by atoms with E-state index >= 15 is 0 Å². The van der Waals surface area contributed by atoms with Gasteiger partial charge in [-0.1, -0.05) is 20.8 Å². The standard InChI is InChI=1S/C25H34N8O3/c1-24(2,3)15-29-21(34)20-30-22(32-23(31-20)36-16-25(14-26)7-8-25)33-10-5-17(6-11-33)13-35-19-12-28-9-4-18(19)27/h4,9,12,17H,5-8,10-11,13,15-16H2,1-3H3,(H2,27,28)(H,29,34). The minimum atomic E-state index is -0.475. The van der Waals surface area contributed by atoms with E-state index in [1.54, 1.807) is 18.5 Å². The van der Waals surface area contributed by atoms with Crippen LogP contribution >= 0.6 is 0 Å². The minimum Gasteiger partial charge on any atom is -0.490 e. The van der Waals surface area contributed by atoms with Crippen molar-refractivity contribution in [3.8, 4) is 17.8 Å². The molecule has 2 aromatic rings. The molecule has 11 nitrogen and oxygen atoms in total. The number of nitrogens with zero attached hydrogens (tertiary/aromatic N) is 6. The van der Waals surface area contributed by atoms with E-state index in [1.807, 2.05) is 25.7 Å². The van der Waals surface area contributed by atoms with E-state index in [0.29, 0.717) is 49.5 Å². The van der Waals surface area contributed by atoms with Gasteiger partial charge in [-0.15, -0.1) is 0 Å². The van der Waals surface area contributed by atoms with E-state index in [-0.39, 0.29) is 29.8 Å². The van der Waals surface area contributed by atoms with Gasteiger partial charge in [0.1, 0.15) is 6.61 Å². The highest BCUT2D eigenvalue weighted by atomic mass is 16.5. The topological polar surface area (TPSA) is 152 Å². The predicted octanol–water partition coefficient (Wildman–Crippen LogP) is 2.60. The summed E-state index contributed by atoms with van der Waals surface area (Å²) in [5.41, 5.74) is 5.95. The Morgan fingerprint density at radius 2 is 2.00 bits per heavy atom. The molecule has 1 saturated carbocycles. The molecule has 4 rings (SSSR count). The van der Waals surface area contributed by atoms with Gasteiger partial charge in [0.25, 0.3) is 5.91 Å². The molecule has 0 aromatic carbocycles. The fourth-order valence-electron chi connectivity index (χ4n) is 3.74. The van der Waals surface area contributed by atoms with Crippen LogP contribution in [0.4, 0.5) is 11.6 Å². The number of ether oxygens (including phenoxy) is 2. The number of anilines is 2. The number of nitrogens with one attached hydrogen (secondary N) is 1. The van der Waals surface area contributed by atoms with Crippen molar-refractivity contribution in [3.05, 3.63) is 24.3 Å². The second-order valence-corrected chi connectivity index (χ2v) is 10.8. The van der Waals surface area contributed by atoms with Crippen molar-refractivity contribution in [3.63, 3.8) is 0 Å². The van der Waals surface area contributed by atoms with Crippen LogP contribution in [0.25, 0.3) is 0 Å². The number of nitriles is 1.